The maximum absolute atomic E-state index is 13.9. The molecular weight excluding hydrogens is 291 g/mol. The lowest BCUT2D eigenvalue weighted by molar-refractivity contribution is 0.338. The van der Waals surface area contributed by atoms with Crippen molar-refractivity contribution in [1.82, 2.24) is 9.62 Å². The van der Waals surface area contributed by atoms with Gasteiger partial charge in [0.2, 0.25) is 10.0 Å². The van der Waals surface area contributed by atoms with Gasteiger partial charge in [0.1, 0.15) is 10.7 Å². The van der Waals surface area contributed by atoms with E-state index in [4.69, 9.17) is 0 Å². The first-order chi connectivity index (χ1) is 10.1. The summed E-state index contributed by atoms with van der Waals surface area (Å²) in [6.07, 6.45) is 2.34. The molecule has 2 saturated heterocycles. The first-order valence-electron chi connectivity index (χ1n) is 7.13. The van der Waals surface area contributed by atoms with Crippen LogP contribution in [0.25, 0.3) is 0 Å². The number of sulfonamides is 1. The molecule has 3 rings (SSSR count). The van der Waals surface area contributed by atoms with Crippen molar-refractivity contribution in [3.8, 4) is 0 Å². The smallest absolute Gasteiger partial charge is 0.246 e. The van der Waals surface area contributed by atoms with Gasteiger partial charge >= 0.3 is 0 Å². The summed E-state index contributed by atoms with van der Waals surface area (Å²) in [6.45, 7) is 5.81. The Bertz CT molecular complexity index is 647. The minimum absolute atomic E-state index is 0.132. The van der Waals surface area contributed by atoms with Gasteiger partial charge < -0.3 is 5.32 Å². The fourth-order valence-electron chi connectivity index (χ4n) is 3.50. The SMILES string of the molecule is C=CCC1[C@H]2CNC[C@H]2CN1S(=O)(=O)c1ccccc1F. The quantitative estimate of drug-likeness (QED) is 0.860. The second-order valence-corrected chi connectivity index (χ2v) is 7.54. The molecule has 2 fully saturated rings. The van der Waals surface area contributed by atoms with E-state index < -0.39 is 15.8 Å². The predicted molar refractivity (Wildman–Crippen MR) is 78.7 cm³/mol. The fraction of sp³-hybridized carbons (Fsp3) is 0.467. The van der Waals surface area contributed by atoms with Crippen LogP contribution in [0.2, 0.25) is 0 Å². The molecule has 6 heteroatoms. The van der Waals surface area contributed by atoms with Crippen LogP contribution in [0.4, 0.5) is 4.39 Å². The van der Waals surface area contributed by atoms with Crippen LogP contribution in [0.3, 0.4) is 0 Å². The summed E-state index contributed by atoms with van der Waals surface area (Å²) >= 11 is 0. The number of fused-ring (bicyclic) bond motifs is 1. The lowest BCUT2D eigenvalue weighted by Crippen LogP contribution is -2.40. The number of rotatable bonds is 4. The first-order valence-corrected chi connectivity index (χ1v) is 8.57. The van der Waals surface area contributed by atoms with E-state index in [1.54, 1.807) is 12.1 Å². The molecule has 1 N–H and O–H groups in total. The molecule has 1 unspecified atom stereocenters. The van der Waals surface area contributed by atoms with Gasteiger partial charge in [0.15, 0.2) is 0 Å². The summed E-state index contributed by atoms with van der Waals surface area (Å²) < 4.78 is 41.0. The lowest BCUT2D eigenvalue weighted by Gasteiger charge is -2.26. The van der Waals surface area contributed by atoms with E-state index in [0.717, 1.165) is 13.1 Å². The molecule has 0 aliphatic carbocycles. The van der Waals surface area contributed by atoms with Crippen molar-refractivity contribution in [3.05, 3.63) is 42.7 Å². The summed E-state index contributed by atoms with van der Waals surface area (Å²) in [5.41, 5.74) is 0. The minimum Gasteiger partial charge on any atom is -0.316 e. The highest BCUT2D eigenvalue weighted by molar-refractivity contribution is 7.89. The number of hydrogen-bond donors (Lipinski definition) is 1. The van der Waals surface area contributed by atoms with Crippen LogP contribution in [0.15, 0.2) is 41.8 Å². The van der Waals surface area contributed by atoms with Crippen molar-refractivity contribution >= 4 is 10.0 Å². The van der Waals surface area contributed by atoms with Crippen LogP contribution < -0.4 is 5.32 Å². The number of nitrogens with zero attached hydrogens (tertiary/aromatic N) is 1. The Morgan fingerprint density at radius 1 is 1.38 bits per heavy atom. The molecular formula is C15H19FN2O2S. The van der Waals surface area contributed by atoms with E-state index in [9.17, 15) is 12.8 Å². The van der Waals surface area contributed by atoms with Gasteiger partial charge in [-0.25, -0.2) is 12.8 Å². The summed E-state index contributed by atoms with van der Waals surface area (Å²) in [4.78, 5) is -0.230. The Kier molecular flexibility index (Phi) is 3.86. The second kappa shape index (κ2) is 5.51. The maximum atomic E-state index is 13.9. The third kappa shape index (κ3) is 2.41. The minimum atomic E-state index is -3.80. The predicted octanol–water partition coefficient (Wildman–Crippen LogP) is 1.61. The average Bonchev–Trinajstić information content (AvgIpc) is 3.02. The summed E-state index contributed by atoms with van der Waals surface area (Å²) in [5.74, 6) is -0.105. The molecule has 2 heterocycles. The standard InChI is InChI=1S/C15H19FN2O2S/c1-2-5-14-12-9-17-8-11(12)10-18(14)21(19,20)15-7-4-3-6-13(15)16/h2-4,6-7,11-12,14,17H,1,5,8-10H2/t11-,12-,14?/m0/s1. The van der Waals surface area contributed by atoms with E-state index in [0.29, 0.717) is 18.9 Å². The third-order valence-corrected chi connectivity index (χ3v) is 6.43. The Morgan fingerprint density at radius 3 is 2.86 bits per heavy atom. The van der Waals surface area contributed by atoms with Crippen LogP contribution in [0.5, 0.6) is 0 Å². The molecule has 0 amide bonds. The van der Waals surface area contributed by atoms with Crippen molar-refractivity contribution in [2.45, 2.75) is 17.4 Å². The highest BCUT2D eigenvalue weighted by atomic mass is 32.2. The Labute approximate surface area is 124 Å². The van der Waals surface area contributed by atoms with Crippen molar-refractivity contribution < 1.29 is 12.8 Å². The zero-order valence-corrected chi connectivity index (χ0v) is 12.5. The van der Waals surface area contributed by atoms with Crippen LogP contribution in [0.1, 0.15) is 6.42 Å². The maximum Gasteiger partial charge on any atom is 0.246 e. The first kappa shape index (κ1) is 14.7. The Hall–Kier alpha value is -1.24. The van der Waals surface area contributed by atoms with E-state index in [1.807, 2.05) is 0 Å². The topological polar surface area (TPSA) is 49.4 Å². The van der Waals surface area contributed by atoms with Crippen LogP contribution in [0, 0.1) is 17.7 Å². The fourth-order valence-corrected chi connectivity index (χ4v) is 5.31. The van der Waals surface area contributed by atoms with Gasteiger partial charge in [0.05, 0.1) is 0 Å². The second-order valence-electron chi connectivity index (χ2n) is 5.68. The average molecular weight is 310 g/mol. The van der Waals surface area contributed by atoms with Crippen LogP contribution in [-0.2, 0) is 10.0 Å². The molecule has 114 valence electrons. The summed E-state index contributed by atoms with van der Waals surface area (Å²) in [6, 6.07) is 5.44. The molecule has 0 aromatic heterocycles. The van der Waals surface area contributed by atoms with E-state index in [1.165, 1.54) is 22.5 Å². The molecule has 0 radical (unpaired) electrons. The zero-order chi connectivity index (χ0) is 15.0. The molecule has 0 bridgehead atoms. The zero-order valence-electron chi connectivity index (χ0n) is 11.7. The molecule has 0 spiro atoms. The van der Waals surface area contributed by atoms with Gasteiger partial charge in [0, 0.05) is 12.6 Å². The van der Waals surface area contributed by atoms with E-state index in [-0.39, 0.29) is 16.9 Å². The molecule has 2 aliphatic heterocycles. The van der Waals surface area contributed by atoms with Crippen LogP contribution >= 0.6 is 0 Å². The number of hydrogen-bond acceptors (Lipinski definition) is 3. The molecule has 0 saturated carbocycles. The van der Waals surface area contributed by atoms with Crippen molar-refractivity contribution in [2.24, 2.45) is 11.8 Å². The van der Waals surface area contributed by atoms with Gasteiger partial charge in [-0.2, -0.15) is 4.31 Å². The normalized spacial score (nSPS) is 29.5. The van der Waals surface area contributed by atoms with Crippen molar-refractivity contribution in [2.75, 3.05) is 19.6 Å². The molecule has 21 heavy (non-hydrogen) atoms. The number of benzene rings is 1. The molecule has 2 aliphatic rings. The monoisotopic (exact) mass is 310 g/mol. The Balaban J connectivity index is 1.98. The molecule has 1 aromatic carbocycles. The van der Waals surface area contributed by atoms with Crippen LogP contribution in [-0.4, -0.2) is 38.4 Å². The van der Waals surface area contributed by atoms with Gasteiger partial charge in [-0.05, 0) is 43.5 Å². The Morgan fingerprint density at radius 2 is 2.14 bits per heavy atom. The van der Waals surface area contributed by atoms with Crippen molar-refractivity contribution in [3.63, 3.8) is 0 Å². The summed E-state index contributed by atoms with van der Waals surface area (Å²) in [5, 5.41) is 3.31. The highest BCUT2D eigenvalue weighted by Gasteiger charge is 2.48. The van der Waals surface area contributed by atoms with E-state index in [2.05, 4.69) is 11.9 Å². The van der Waals surface area contributed by atoms with E-state index >= 15 is 0 Å². The molecule has 3 atom stereocenters. The molecule has 1 aromatic rings. The summed E-state index contributed by atoms with van der Waals surface area (Å²) in [7, 11) is -3.80. The lowest BCUT2D eigenvalue weighted by atomic mass is 9.92. The van der Waals surface area contributed by atoms with Crippen molar-refractivity contribution in [1.29, 1.82) is 0 Å². The largest absolute Gasteiger partial charge is 0.316 e. The van der Waals surface area contributed by atoms with Gasteiger partial charge in [-0.15, -0.1) is 6.58 Å². The third-order valence-electron chi connectivity index (χ3n) is 4.50. The van der Waals surface area contributed by atoms with Gasteiger partial charge in [-0.3, -0.25) is 0 Å². The highest BCUT2D eigenvalue weighted by Crippen LogP contribution is 2.38. The molecule has 4 nitrogen and oxygen atoms in total. The number of nitrogens with one attached hydrogen (secondary N) is 1. The number of halogens is 1. The van der Waals surface area contributed by atoms with Gasteiger partial charge in [-0.1, -0.05) is 18.2 Å². The van der Waals surface area contributed by atoms with Gasteiger partial charge in [0.25, 0.3) is 0 Å².